The molecule has 0 radical (unpaired) electrons. The average molecular weight is 156 g/mol. The molecule has 0 amide bonds. The van der Waals surface area contributed by atoms with Crippen LogP contribution in [0.5, 0.6) is 0 Å². The minimum atomic E-state index is 0.396. The van der Waals surface area contributed by atoms with Crippen LogP contribution in [-0.2, 0) is 0 Å². The summed E-state index contributed by atoms with van der Waals surface area (Å²) in [6.45, 7) is 4.40. The fourth-order valence-electron chi connectivity index (χ4n) is 1.94. The first-order chi connectivity index (χ1) is 5.19. The third kappa shape index (κ3) is 1.94. The molecule has 1 rings (SSSR count). The molecule has 1 aliphatic rings. The normalized spacial score (nSPS) is 34.1. The zero-order valence-electron chi connectivity index (χ0n) is 7.77. The van der Waals surface area contributed by atoms with E-state index in [4.69, 9.17) is 5.73 Å². The van der Waals surface area contributed by atoms with E-state index in [9.17, 15) is 0 Å². The summed E-state index contributed by atoms with van der Waals surface area (Å²) < 4.78 is 0. The second-order valence-electron chi connectivity index (χ2n) is 3.91. The number of hydrogen-bond acceptors (Lipinski definition) is 2. The molecule has 0 aromatic rings. The smallest absolute Gasteiger partial charge is 0.0190 e. The van der Waals surface area contributed by atoms with Crippen molar-refractivity contribution in [2.24, 2.45) is 5.73 Å². The van der Waals surface area contributed by atoms with Crippen LogP contribution in [0.1, 0.15) is 32.6 Å². The molecule has 0 spiro atoms. The fourth-order valence-corrected chi connectivity index (χ4v) is 1.94. The summed E-state index contributed by atoms with van der Waals surface area (Å²) in [5.74, 6) is 0. The molecule has 11 heavy (non-hydrogen) atoms. The predicted octanol–water partition coefficient (Wildman–Crippen LogP) is 1.21. The Morgan fingerprint density at radius 2 is 2.18 bits per heavy atom. The molecule has 66 valence electrons. The maximum atomic E-state index is 5.58. The Balaban J connectivity index is 2.49. The highest BCUT2D eigenvalue weighted by molar-refractivity contribution is 4.87. The van der Waals surface area contributed by atoms with Crippen molar-refractivity contribution < 1.29 is 0 Å². The van der Waals surface area contributed by atoms with Gasteiger partial charge in [0.25, 0.3) is 0 Å². The van der Waals surface area contributed by atoms with Gasteiger partial charge in [0.1, 0.15) is 0 Å². The molecule has 2 N–H and O–H groups in total. The molecule has 0 aliphatic carbocycles. The lowest BCUT2D eigenvalue weighted by Crippen LogP contribution is -2.48. The lowest BCUT2D eigenvalue weighted by Gasteiger charge is -2.42. The van der Waals surface area contributed by atoms with Gasteiger partial charge in [-0.05, 0) is 46.3 Å². The molecule has 1 unspecified atom stereocenters. The maximum Gasteiger partial charge on any atom is 0.0190 e. The van der Waals surface area contributed by atoms with Gasteiger partial charge in [-0.15, -0.1) is 0 Å². The minimum Gasteiger partial charge on any atom is -0.330 e. The number of nitrogens with two attached hydrogens (primary N) is 1. The van der Waals surface area contributed by atoms with Gasteiger partial charge in [-0.25, -0.2) is 0 Å². The molecule has 2 nitrogen and oxygen atoms in total. The van der Waals surface area contributed by atoms with Crippen molar-refractivity contribution >= 4 is 0 Å². The largest absolute Gasteiger partial charge is 0.330 e. The zero-order chi connectivity index (χ0) is 8.32. The highest BCUT2D eigenvalue weighted by Gasteiger charge is 2.30. The van der Waals surface area contributed by atoms with Crippen LogP contribution in [0.3, 0.4) is 0 Å². The van der Waals surface area contributed by atoms with E-state index in [1.807, 2.05) is 0 Å². The van der Waals surface area contributed by atoms with Gasteiger partial charge >= 0.3 is 0 Å². The Morgan fingerprint density at radius 1 is 1.45 bits per heavy atom. The van der Waals surface area contributed by atoms with Gasteiger partial charge < -0.3 is 10.6 Å². The fraction of sp³-hybridized carbons (Fsp3) is 1.00. The van der Waals surface area contributed by atoms with Gasteiger partial charge in [-0.3, -0.25) is 0 Å². The second kappa shape index (κ2) is 3.55. The Kier molecular flexibility index (Phi) is 2.90. The van der Waals surface area contributed by atoms with Crippen LogP contribution in [0.2, 0.25) is 0 Å². The number of hydrogen-bond donors (Lipinski definition) is 1. The molecule has 0 aromatic heterocycles. The van der Waals surface area contributed by atoms with Gasteiger partial charge in [0.15, 0.2) is 0 Å². The predicted molar refractivity (Wildman–Crippen MR) is 48.6 cm³/mol. The molecule has 0 saturated carbocycles. The Labute approximate surface area is 69.8 Å². The first-order valence-corrected chi connectivity index (χ1v) is 4.60. The summed E-state index contributed by atoms with van der Waals surface area (Å²) >= 11 is 0. The Morgan fingerprint density at radius 3 is 2.73 bits per heavy atom. The summed E-state index contributed by atoms with van der Waals surface area (Å²) in [5.41, 5.74) is 5.98. The molecule has 1 atom stereocenters. The third-order valence-corrected chi connectivity index (χ3v) is 3.06. The van der Waals surface area contributed by atoms with Crippen molar-refractivity contribution in [3.63, 3.8) is 0 Å². The van der Waals surface area contributed by atoms with Crippen molar-refractivity contribution in [2.45, 2.75) is 38.1 Å². The number of rotatable bonds is 2. The van der Waals surface area contributed by atoms with E-state index >= 15 is 0 Å². The summed E-state index contributed by atoms with van der Waals surface area (Å²) in [4.78, 5) is 2.46. The molecule has 0 aromatic carbocycles. The minimum absolute atomic E-state index is 0.396. The van der Waals surface area contributed by atoms with E-state index in [0.29, 0.717) is 5.54 Å². The van der Waals surface area contributed by atoms with Crippen molar-refractivity contribution in [3.05, 3.63) is 0 Å². The summed E-state index contributed by atoms with van der Waals surface area (Å²) in [7, 11) is 2.22. The topological polar surface area (TPSA) is 29.3 Å². The van der Waals surface area contributed by atoms with E-state index in [-0.39, 0.29) is 0 Å². The van der Waals surface area contributed by atoms with Gasteiger partial charge in [-0.2, -0.15) is 0 Å². The van der Waals surface area contributed by atoms with Crippen LogP contribution in [0, 0.1) is 0 Å². The van der Waals surface area contributed by atoms with Crippen LogP contribution in [0.25, 0.3) is 0 Å². The van der Waals surface area contributed by atoms with E-state index in [2.05, 4.69) is 18.9 Å². The van der Waals surface area contributed by atoms with Crippen molar-refractivity contribution in [1.29, 1.82) is 0 Å². The van der Waals surface area contributed by atoms with Gasteiger partial charge in [-0.1, -0.05) is 6.42 Å². The number of nitrogens with zero attached hydrogens (tertiary/aromatic N) is 1. The molecule has 1 heterocycles. The maximum absolute atomic E-state index is 5.58. The van der Waals surface area contributed by atoms with Crippen LogP contribution in [0.4, 0.5) is 0 Å². The highest BCUT2D eigenvalue weighted by Crippen LogP contribution is 2.28. The van der Waals surface area contributed by atoms with Crippen LogP contribution < -0.4 is 5.73 Å². The van der Waals surface area contributed by atoms with Crippen molar-refractivity contribution in [1.82, 2.24) is 4.90 Å². The molecule has 1 fully saturated rings. The second-order valence-corrected chi connectivity index (χ2v) is 3.91. The highest BCUT2D eigenvalue weighted by atomic mass is 15.2. The zero-order valence-corrected chi connectivity index (χ0v) is 7.77. The van der Waals surface area contributed by atoms with E-state index in [0.717, 1.165) is 13.0 Å². The quantitative estimate of drug-likeness (QED) is 0.651. The van der Waals surface area contributed by atoms with Gasteiger partial charge in [0.2, 0.25) is 0 Å². The summed E-state index contributed by atoms with van der Waals surface area (Å²) in [5, 5.41) is 0. The third-order valence-electron chi connectivity index (χ3n) is 3.06. The molecule has 2 heteroatoms. The summed E-state index contributed by atoms with van der Waals surface area (Å²) in [6.07, 6.45) is 5.20. The van der Waals surface area contributed by atoms with Crippen LogP contribution in [0.15, 0.2) is 0 Å². The molecular weight excluding hydrogens is 136 g/mol. The number of piperidine rings is 1. The SMILES string of the molecule is CN1CCCCC1(C)CCN. The average Bonchev–Trinajstić information content (AvgIpc) is 1.96. The first kappa shape index (κ1) is 9.01. The van der Waals surface area contributed by atoms with Crippen molar-refractivity contribution in [3.8, 4) is 0 Å². The summed E-state index contributed by atoms with van der Waals surface area (Å²) in [6, 6.07) is 0. The van der Waals surface area contributed by atoms with Crippen LogP contribution in [-0.4, -0.2) is 30.6 Å². The Bertz CT molecular complexity index is 121. The van der Waals surface area contributed by atoms with Crippen molar-refractivity contribution in [2.75, 3.05) is 20.1 Å². The lowest BCUT2D eigenvalue weighted by molar-refractivity contribution is 0.0839. The first-order valence-electron chi connectivity index (χ1n) is 4.60. The van der Waals surface area contributed by atoms with E-state index < -0.39 is 0 Å². The lowest BCUT2D eigenvalue weighted by atomic mass is 9.86. The monoisotopic (exact) mass is 156 g/mol. The molecule has 1 aliphatic heterocycles. The van der Waals surface area contributed by atoms with Gasteiger partial charge in [0, 0.05) is 5.54 Å². The number of likely N-dealkylation sites (tertiary alicyclic amines) is 1. The van der Waals surface area contributed by atoms with Gasteiger partial charge in [0.05, 0.1) is 0 Å². The van der Waals surface area contributed by atoms with Crippen LogP contribution >= 0.6 is 0 Å². The standard InChI is InChI=1S/C9H20N2/c1-9(6-7-10)5-3-4-8-11(9)2/h3-8,10H2,1-2H3. The van der Waals surface area contributed by atoms with E-state index in [1.165, 1.54) is 25.8 Å². The van der Waals surface area contributed by atoms with E-state index in [1.54, 1.807) is 0 Å². The Hall–Kier alpha value is -0.0800. The molecular formula is C9H20N2. The molecule has 0 bridgehead atoms. The molecule has 1 saturated heterocycles.